The van der Waals surface area contributed by atoms with Gasteiger partial charge in [0.15, 0.2) is 0 Å². The molecule has 0 N–H and O–H groups in total. The highest BCUT2D eigenvalue weighted by Gasteiger charge is 2.33. The van der Waals surface area contributed by atoms with Crippen molar-refractivity contribution < 1.29 is 9.53 Å². The van der Waals surface area contributed by atoms with Crippen LogP contribution in [0, 0.1) is 0 Å². The number of amides is 1. The second-order valence-electron chi connectivity index (χ2n) is 5.51. The van der Waals surface area contributed by atoms with E-state index in [0.29, 0.717) is 12.1 Å². The van der Waals surface area contributed by atoms with Gasteiger partial charge in [0, 0.05) is 18.8 Å². The average molecular weight is 351 g/mol. The molecule has 0 bridgehead atoms. The molecule has 2 aromatic rings. The van der Waals surface area contributed by atoms with E-state index in [9.17, 15) is 4.79 Å². The Balaban J connectivity index is 1.80. The van der Waals surface area contributed by atoms with Crippen LogP contribution >= 0.6 is 23.2 Å². The normalized spacial score (nSPS) is 13.7. The summed E-state index contributed by atoms with van der Waals surface area (Å²) in [5, 5.41) is 0.494. The highest BCUT2D eigenvalue weighted by molar-refractivity contribution is 6.41. The number of hydrogen-bond donors (Lipinski definition) is 0. The van der Waals surface area contributed by atoms with Crippen molar-refractivity contribution in [2.75, 3.05) is 7.11 Å². The maximum absolute atomic E-state index is 12.8. The van der Waals surface area contributed by atoms with Crippen molar-refractivity contribution in [3.63, 3.8) is 0 Å². The maximum atomic E-state index is 12.8. The van der Waals surface area contributed by atoms with Gasteiger partial charge in [0.25, 0.3) is 5.91 Å². The Morgan fingerprint density at radius 3 is 2.57 bits per heavy atom. The number of carbonyl (C=O) groups excluding carboxylic acids is 1. The summed E-state index contributed by atoms with van der Waals surface area (Å²) in [7, 11) is 1.63. The first-order valence-corrected chi connectivity index (χ1v) is 8.09. The van der Waals surface area contributed by atoms with Crippen LogP contribution in [0.1, 0.15) is 28.8 Å². The summed E-state index contributed by atoms with van der Waals surface area (Å²) < 4.78 is 5.16. The van der Waals surface area contributed by atoms with E-state index in [0.717, 1.165) is 24.2 Å². The molecular formula is C17H16Cl2N2O2. The average Bonchev–Trinajstić information content (AvgIpc) is 3.40. The molecule has 0 spiro atoms. The highest BCUT2D eigenvalue weighted by Crippen LogP contribution is 2.31. The van der Waals surface area contributed by atoms with Crippen LogP contribution in [0.5, 0.6) is 5.75 Å². The fourth-order valence-electron chi connectivity index (χ4n) is 2.38. The van der Waals surface area contributed by atoms with Gasteiger partial charge in [-0.1, -0.05) is 35.3 Å². The molecule has 1 saturated carbocycles. The van der Waals surface area contributed by atoms with Crippen molar-refractivity contribution in [1.29, 1.82) is 0 Å². The molecule has 1 aromatic heterocycles. The zero-order valence-corrected chi connectivity index (χ0v) is 14.1. The van der Waals surface area contributed by atoms with Crippen LogP contribution in [0.3, 0.4) is 0 Å². The van der Waals surface area contributed by atoms with Crippen LogP contribution in [-0.4, -0.2) is 28.9 Å². The minimum absolute atomic E-state index is 0.0746. The summed E-state index contributed by atoms with van der Waals surface area (Å²) >= 11 is 11.8. The van der Waals surface area contributed by atoms with Crippen molar-refractivity contribution in [1.82, 2.24) is 9.88 Å². The van der Waals surface area contributed by atoms with Gasteiger partial charge >= 0.3 is 0 Å². The molecule has 1 aliphatic carbocycles. The molecule has 1 fully saturated rings. The van der Waals surface area contributed by atoms with Gasteiger partial charge in [0.05, 0.1) is 17.7 Å². The Bertz CT molecular complexity index is 715. The molecule has 0 radical (unpaired) electrons. The number of carbonyl (C=O) groups is 1. The third kappa shape index (κ3) is 3.77. The summed E-state index contributed by atoms with van der Waals surface area (Å²) in [6, 6.07) is 9.57. The molecule has 120 valence electrons. The van der Waals surface area contributed by atoms with Crippen LogP contribution in [0.15, 0.2) is 36.5 Å². The predicted molar refractivity (Wildman–Crippen MR) is 90.1 cm³/mol. The van der Waals surface area contributed by atoms with Crippen molar-refractivity contribution in [3.8, 4) is 5.75 Å². The Morgan fingerprint density at radius 1 is 1.30 bits per heavy atom. The Labute approximate surface area is 145 Å². The number of rotatable bonds is 5. The first-order chi connectivity index (χ1) is 11.1. The third-order valence-corrected chi connectivity index (χ3v) is 4.49. The van der Waals surface area contributed by atoms with E-state index in [1.807, 2.05) is 29.2 Å². The van der Waals surface area contributed by atoms with E-state index < -0.39 is 0 Å². The van der Waals surface area contributed by atoms with Crippen LogP contribution < -0.4 is 4.74 Å². The van der Waals surface area contributed by atoms with E-state index in [4.69, 9.17) is 27.9 Å². The van der Waals surface area contributed by atoms with Crippen molar-refractivity contribution in [2.24, 2.45) is 0 Å². The second-order valence-corrected chi connectivity index (χ2v) is 6.27. The molecular weight excluding hydrogens is 335 g/mol. The van der Waals surface area contributed by atoms with Crippen LogP contribution in [-0.2, 0) is 6.54 Å². The van der Waals surface area contributed by atoms with Crippen molar-refractivity contribution in [3.05, 3.63) is 57.8 Å². The lowest BCUT2D eigenvalue weighted by atomic mass is 10.1. The quantitative estimate of drug-likeness (QED) is 0.758. The first-order valence-electron chi connectivity index (χ1n) is 7.33. The number of pyridine rings is 1. The topological polar surface area (TPSA) is 42.4 Å². The number of aromatic nitrogens is 1. The van der Waals surface area contributed by atoms with Crippen LogP contribution in [0.2, 0.25) is 10.2 Å². The molecule has 1 aromatic carbocycles. The van der Waals surface area contributed by atoms with Gasteiger partial charge in [0.1, 0.15) is 10.9 Å². The smallest absolute Gasteiger partial charge is 0.256 e. The SMILES string of the molecule is COc1ccc(CN(C(=O)c2cnc(Cl)c(Cl)c2)C2CC2)cc1. The Kier molecular flexibility index (Phi) is 4.74. The number of methoxy groups -OCH3 is 1. The molecule has 0 unspecified atom stereocenters. The molecule has 6 heteroatoms. The van der Waals surface area contributed by atoms with Gasteiger partial charge in [-0.15, -0.1) is 0 Å². The minimum Gasteiger partial charge on any atom is -0.497 e. The first kappa shape index (κ1) is 16.1. The largest absolute Gasteiger partial charge is 0.497 e. The van der Waals surface area contributed by atoms with Crippen molar-refractivity contribution in [2.45, 2.75) is 25.4 Å². The molecule has 1 aliphatic rings. The van der Waals surface area contributed by atoms with Gasteiger partial charge in [-0.25, -0.2) is 4.98 Å². The summed E-state index contributed by atoms with van der Waals surface area (Å²) in [6.07, 6.45) is 3.52. The fourth-order valence-corrected chi connectivity index (χ4v) is 2.65. The Morgan fingerprint density at radius 2 is 2.00 bits per heavy atom. The lowest BCUT2D eigenvalue weighted by Crippen LogP contribution is -2.32. The summed E-state index contributed by atoms with van der Waals surface area (Å²) in [5.74, 6) is 0.723. The predicted octanol–water partition coefficient (Wildman–Crippen LogP) is 4.20. The van der Waals surface area contributed by atoms with Crippen LogP contribution in [0.25, 0.3) is 0 Å². The third-order valence-electron chi connectivity index (χ3n) is 3.80. The van der Waals surface area contributed by atoms with Gasteiger partial charge in [0.2, 0.25) is 0 Å². The summed E-state index contributed by atoms with van der Waals surface area (Å²) in [4.78, 5) is 18.6. The monoisotopic (exact) mass is 350 g/mol. The molecule has 23 heavy (non-hydrogen) atoms. The summed E-state index contributed by atoms with van der Waals surface area (Å²) in [5.41, 5.74) is 1.51. The molecule has 4 nitrogen and oxygen atoms in total. The highest BCUT2D eigenvalue weighted by atomic mass is 35.5. The molecule has 0 atom stereocenters. The molecule has 1 amide bonds. The van der Waals surface area contributed by atoms with Gasteiger partial charge < -0.3 is 9.64 Å². The van der Waals surface area contributed by atoms with Crippen molar-refractivity contribution >= 4 is 29.1 Å². The molecule has 0 saturated heterocycles. The number of hydrogen-bond acceptors (Lipinski definition) is 3. The fraction of sp³-hybridized carbons (Fsp3) is 0.294. The number of halogens is 2. The molecule has 0 aliphatic heterocycles. The summed E-state index contributed by atoms with van der Waals surface area (Å²) in [6.45, 7) is 0.549. The molecule has 1 heterocycles. The van der Waals surface area contributed by atoms with Gasteiger partial charge in [-0.2, -0.15) is 0 Å². The second kappa shape index (κ2) is 6.77. The number of nitrogens with zero attached hydrogens (tertiary/aromatic N) is 2. The Hall–Kier alpha value is -1.78. The number of benzene rings is 1. The van der Waals surface area contributed by atoms with Gasteiger partial charge in [-0.3, -0.25) is 4.79 Å². The van der Waals surface area contributed by atoms with E-state index in [2.05, 4.69) is 4.98 Å². The minimum atomic E-state index is -0.0746. The maximum Gasteiger partial charge on any atom is 0.256 e. The standard InChI is InChI=1S/C17H16Cl2N2O2/c1-23-14-6-2-11(3-7-14)10-21(13-4-5-13)17(22)12-8-15(18)16(19)20-9-12/h2-3,6-9,13H,4-5,10H2,1H3. The zero-order valence-electron chi connectivity index (χ0n) is 12.6. The lowest BCUT2D eigenvalue weighted by Gasteiger charge is -2.23. The van der Waals surface area contributed by atoms with E-state index in [1.165, 1.54) is 6.20 Å². The van der Waals surface area contributed by atoms with E-state index >= 15 is 0 Å². The lowest BCUT2D eigenvalue weighted by molar-refractivity contribution is 0.0729. The van der Waals surface area contributed by atoms with E-state index in [1.54, 1.807) is 13.2 Å². The zero-order chi connectivity index (χ0) is 16.4. The molecule has 3 rings (SSSR count). The van der Waals surface area contributed by atoms with Gasteiger partial charge in [-0.05, 0) is 36.6 Å². The van der Waals surface area contributed by atoms with Crippen LogP contribution in [0.4, 0.5) is 0 Å². The van der Waals surface area contributed by atoms with E-state index in [-0.39, 0.29) is 22.1 Å². The number of ether oxygens (including phenoxy) is 1.